The van der Waals surface area contributed by atoms with Gasteiger partial charge in [-0.05, 0) is 13.8 Å². The maximum atomic E-state index is 11.0. The normalized spacial score (nSPS) is 12.7. The molecule has 0 unspecified atom stereocenters. The molecule has 0 aliphatic rings. The van der Waals surface area contributed by atoms with Gasteiger partial charge in [-0.2, -0.15) is 0 Å². The lowest BCUT2D eigenvalue weighted by molar-refractivity contribution is -0.145. The molecule has 0 spiro atoms. The SMILES string of the molecule is C=CCOC(=O)N[C@H](C(=O)O)C(C)(C)O. The molecule has 0 saturated heterocycles. The third-order valence-corrected chi connectivity index (χ3v) is 1.55. The first kappa shape index (κ1) is 13.4. The largest absolute Gasteiger partial charge is 0.480 e. The Balaban J connectivity index is 4.37. The second-order valence-electron chi connectivity index (χ2n) is 3.46. The van der Waals surface area contributed by atoms with Crippen molar-refractivity contribution in [2.45, 2.75) is 25.5 Å². The number of carbonyl (C=O) groups excluding carboxylic acids is 1. The molecule has 0 fully saturated rings. The predicted octanol–water partition coefficient (Wildman–Crippen LogP) is 0.123. The Morgan fingerprint density at radius 2 is 2.13 bits per heavy atom. The molecular formula is C9H15NO5. The van der Waals surface area contributed by atoms with Gasteiger partial charge in [0, 0.05) is 0 Å². The highest BCUT2D eigenvalue weighted by Gasteiger charge is 2.35. The molecule has 0 aromatic heterocycles. The monoisotopic (exact) mass is 217 g/mol. The Labute approximate surface area is 87.5 Å². The van der Waals surface area contributed by atoms with Gasteiger partial charge in [0.1, 0.15) is 6.61 Å². The molecule has 1 atom stereocenters. The number of alkyl carbamates (subject to hydrolysis) is 1. The van der Waals surface area contributed by atoms with Crippen LogP contribution in [0.3, 0.4) is 0 Å². The van der Waals surface area contributed by atoms with Crippen LogP contribution >= 0.6 is 0 Å². The summed E-state index contributed by atoms with van der Waals surface area (Å²) in [7, 11) is 0. The van der Waals surface area contributed by atoms with Crippen molar-refractivity contribution in [3.8, 4) is 0 Å². The third-order valence-electron chi connectivity index (χ3n) is 1.55. The zero-order valence-corrected chi connectivity index (χ0v) is 8.69. The van der Waals surface area contributed by atoms with Crippen molar-refractivity contribution in [3.63, 3.8) is 0 Å². The maximum Gasteiger partial charge on any atom is 0.408 e. The van der Waals surface area contributed by atoms with Crippen LogP contribution in [-0.2, 0) is 9.53 Å². The Morgan fingerprint density at radius 1 is 1.60 bits per heavy atom. The standard InChI is InChI=1S/C9H15NO5/c1-4-5-15-8(13)10-6(7(11)12)9(2,3)14/h4,6,14H,1,5H2,2-3H3,(H,10,13)(H,11,12)/t6-/m1/s1. The number of hydrogen-bond acceptors (Lipinski definition) is 4. The molecule has 0 rings (SSSR count). The molecule has 6 nitrogen and oxygen atoms in total. The summed E-state index contributed by atoms with van der Waals surface area (Å²) < 4.78 is 4.52. The van der Waals surface area contributed by atoms with E-state index in [1.807, 2.05) is 5.32 Å². The van der Waals surface area contributed by atoms with Gasteiger partial charge in [-0.15, -0.1) is 0 Å². The summed E-state index contributed by atoms with van der Waals surface area (Å²) in [5, 5.41) is 20.2. The topological polar surface area (TPSA) is 95.9 Å². The molecule has 0 aromatic rings. The van der Waals surface area contributed by atoms with E-state index in [2.05, 4.69) is 11.3 Å². The van der Waals surface area contributed by atoms with Gasteiger partial charge in [0.25, 0.3) is 0 Å². The number of carboxylic acids is 1. The number of amides is 1. The van der Waals surface area contributed by atoms with Gasteiger partial charge in [-0.1, -0.05) is 12.7 Å². The van der Waals surface area contributed by atoms with Crippen LogP contribution in [0.5, 0.6) is 0 Å². The first-order chi connectivity index (χ1) is 6.79. The minimum atomic E-state index is -1.57. The van der Waals surface area contributed by atoms with Crippen molar-refractivity contribution in [3.05, 3.63) is 12.7 Å². The van der Waals surface area contributed by atoms with Crippen molar-refractivity contribution in [2.24, 2.45) is 0 Å². The summed E-state index contributed by atoms with van der Waals surface area (Å²) >= 11 is 0. The first-order valence-corrected chi connectivity index (χ1v) is 4.28. The van der Waals surface area contributed by atoms with Gasteiger partial charge in [0.15, 0.2) is 6.04 Å². The second kappa shape index (κ2) is 5.35. The van der Waals surface area contributed by atoms with Gasteiger partial charge in [-0.25, -0.2) is 9.59 Å². The summed E-state index contributed by atoms with van der Waals surface area (Å²) in [5.74, 6) is -1.34. The number of ether oxygens (including phenoxy) is 1. The number of nitrogens with one attached hydrogen (secondary N) is 1. The number of carbonyl (C=O) groups is 2. The summed E-state index contributed by atoms with van der Waals surface area (Å²) in [5.41, 5.74) is -1.57. The lowest BCUT2D eigenvalue weighted by Crippen LogP contribution is -2.54. The molecule has 86 valence electrons. The second-order valence-corrected chi connectivity index (χ2v) is 3.46. The maximum absolute atomic E-state index is 11.0. The van der Waals surface area contributed by atoms with Crippen LogP contribution in [0.1, 0.15) is 13.8 Å². The quantitative estimate of drug-likeness (QED) is 0.568. The van der Waals surface area contributed by atoms with Gasteiger partial charge < -0.3 is 20.3 Å². The van der Waals surface area contributed by atoms with E-state index in [1.165, 1.54) is 19.9 Å². The minimum Gasteiger partial charge on any atom is -0.480 e. The molecule has 0 aliphatic heterocycles. The van der Waals surface area contributed by atoms with E-state index in [9.17, 15) is 14.7 Å². The third kappa shape index (κ3) is 5.02. The number of rotatable bonds is 5. The first-order valence-electron chi connectivity index (χ1n) is 4.28. The Kier molecular flexibility index (Phi) is 4.80. The molecule has 0 saturated carbocycles. The van der Waals surface area contributed by atoms with Gasteiger partial charge >= 0.3 is 12.1 Å². The van der Waals surface area contributed by atoms with Gasteiger partial charge in [-0.3, -0.25) is 0 Å². The molecule has 3 N–H and O–H groups in total. The van der Waals surface area contributed by atoms with Crippen LogP contribution in [0.2, 0.25) is 0 Å². The molecular weight excluding hydrogens is 202 g/mol. The van der Waals surface area contributed by atoms with E-state index in [4.69, 9.17) is 5.11 Å². The number of carboxylic acid groups (broad SMARTS) is 1. The number of aliphatic hydroxyl groups is 1. The van der Waals surface area contributed by atoms with E-state index in [0.717, 1.165) is 0 Å². The van der Waals surface area contributed by atoms with Crippen LogP contribution in [0.4, 0.5) is 4.79 Å². The average Bonchev–Trinajstić information content (AvgIpc) is 2.08. The molecule has 0 aromatic carbocycles. The van der Waals surface area contributed by atoms with E-state index >= 15 is 0 Å². The molecule has 0 heterocycles. The van der Waals surface area contributed by atoms with Crippen LogP contribution in [-0.4, -0.2) is 40.5 Å². The van der Waals surface area contributed by atoms with Gasteiger partial charge in [0.2, 0.25) is 0 Å². The van der Waals surface area contributed by atoms with E-state index in [1.54, 1.807) is 0 Å². The van der Waals surface area contributed by atoms with Crippen molar-refractivity contribution in [1.29, 1.82) is 0 Å². The zero-order valence-electron chi connectivity index (χ0n) is 8.69. The minimum absolute atomic E-state index is 0.0238. The van der Waals surface area contributed by atoms with Gasteiger partial charge in [0.05, 0.1) is 5.60 Å². The molecule has 0 aliphatic carbocycles. The van der Waals surface area contributed by atoms with E-state index in [-0.39, 0.29) is 6.61 Å². The van der Waals surface area contributed by atoms with E-state index < -0.39 is 23.7 Å². The van der Waals surface area contributed by atoms with E-state index in [0.29, 0.717) is 0 Å². The number of hydrogen-bond donors (Lipinski definition) is 3. The molecule has 6 heteroatoms. The lowest BCUT2D eigenvalue weighted by atomic mass is 9.99. The summed E-state index contributed by atoms with van der Waals surface area (Å²) in [6.07, 6.45) is 0.434. The van der Waals surface area contributed by atoms with Crippen molar-refractivity contribution in [2.75, 3.05) is 6.61 Å². The number of aliphatic carboxylic acids is 1. The zero-order chi connectivity index (χ0) is 12.1. The molecule has 15 heavy (non-hydrogen) atoms. The van der Waals surface area contributed by atoms with Crippen LogP contribution in [0, 0.1) is 0 Å². The lowest BCUT2D eigenvalue weighted by Gasteiger charge is -2.25. The molecule has 1 amide bonds. The Bertz CT molecular complexity index is 256. The Hall–Kier alpha value is -1.56. The smallest absolute Gasteiger partial charge is 0.408 e. The fourth-order valence-electron chi connectivity index (χ4n) is 0.835. The fraction of sp³-hybridized carbons (Fsp3) is 0.556. The van der Waals surface area contributed by atoms with Crippen molar-refractivity contribution in [1.82, 2.24) is 5.32 Å². The van der Waals surface area contributed by atoms with Crippen molar-refractivity contribution < 1.29 is 24.5 Å². The van der Waals surface area contributed by atoms with Crippen LogP contribution in [0.25, 0.3) is 0 Å². The molecule has 0 radical (unpaired) electrons. The van der Waals surface area contributed by atoms with Crippen LogP contribution < -0.4 is 5.32 Å². The highest BCUT2D eigenvalue weighted by Crippen LogP contribution is 2.08. The highest BCUT2D eigenvalue weighted by molar-refractivity contribution is 5.81. The summed E-state index contributed by atoms with van der Waals surface area (Å²) in [4.78, 5) is 21.7. The Morgan fingerprint density at radius 3 is 2.47 bits per heavy atom. The van der Waals surface area contributed by atoms with Crippen molar-refractivity contribution >= 4 is 12.1 Å². The highest BCUT2D eigenvalue weighted by atomic mass is 16.5. The average molecular weight is 217 g/mol. The predicted molar refractivity (Wildman–Crippen MR) is 52.4 cm³/mol. The fourth-order valence-corrected chi connectivity index (χ4v) is 0.835. The summed E-state index contributed by atoms with van der Waals surface area (Å²) in [6.45, 7) is 5.86. The summed E-state index contributed by atoms with van der Waals surface area (Å²) in [6, 6.07) is -1.42. The van der Waals surface area contributed by atoms with Crippen LogP contribution in [0.15, 0.2) is 12.7 Å². The molecule has 0 bridgehead atoms.